The molecule has 1 atom stereocenters. The van der Waals surface area contributed by atoms with E-state index in [1.165, 1.54) is 17.8 Å². The van der Waals surface area contributed by atoms with Crippen LogP contribution in [0.3, 0.4) is 0 Å². The topological polar surface area (TPSA) is 101 Å². The summed E-state index contributed by atoms with van der Waals surface area (Å²) in [6.07, 6.45) is -0.108. The normalized spacial score (nSPS) is 15.9. The van der Waals surface area contributed by atoms with Crippen LogP contribution in [0.5, 0.6) is 0 Å². The van der Waals surface area contributed by atoms with Crippen molar-refractivity contribution in [2.75, 3.05) is 10.6 Å². The molecule has 3 rings (SSSR count). The zero-order valence-corrected chi connectivity index (χ0v) is 13.5. The Kier molecular flexibility index (Phi) is 4.66. The second-order valence-corrected chi connectivity index (χ2v) is 6.51. The Bertz CT molecular complexity index is 874. The number of nitrogens with one attached hydrogen (secondary N) is 2. The van der Waals surface area contributed by atoms with Crippen LogP contribution in [0.25, 0.3) is 0 Å². The third kappa shape index (κ3) is 3.77. The molecule has 25 heavy (non-hydrogen) atoms. The molecule has 9 heteroatoms. The SMILES string of the molecule is O=C(CC1Sc2ccccc2NC1=O)Nc1ccc([N+](=O)[O-])c(F)c1. The van der Waals surface area contributed by atoms with Crippen molar-refractivity contribution < 1.29 is 18.9 Å². The molecule has 2 aromatic rings. The number of thioether (sulfide) groups is 1. The van der Waals surface area contributed by atoms with Crippen molar-refractivity contribution in [3.8, 4) is 0 Å². The Labute approximate surface area is 145 Å². The van der Waals surface area contributed by atoms with Gasteiger partial charge < -0.3 is 10.6 Å². The van der Waals surface area contributed by atoms with Crippen LogP contribution in [0.4, 0.5) is 21.5 Å². The van der Waals surface area contributed by atoms with Crippen LogP contribution in [0, 0.1) is 15.9 Å². The molecule has 7 nitrogen and oxygen atoms in total. The summed E-state index contributed by atoms with van der Waals surface area (Å²) in [4.78, 5) is 34.8. The molecule has 2 N–H and O–H groups in total. The number of rotatable bonds is 4. The van der Waals surface area contributed by atoms with Gasteiger partial charge in [-0.15, -0.1) is 11.8 Å². The van der Waals surface area contributed by atoms with E-state index >= 15 is 0 Å². The lowest BCUT2D eigenvalue weighted by Gasteiger charge is -2.23. The second kappa shape index (κ2) is 6.89. The van der Waals surface area contributed by atoms with Gasteiger partial charge in [0.25, 0.3) is 0 Å². The van der Waals surface area contributed by atoms with Gasteiger partial charge in [-0.05, 0) is 18.2 Å². The first-order chi connectivity index (χ1) is 11.9. The van der Waals surface area contributed by atoms with Crippen LogP contribution < -0.4 is 10.6 Å². The number of para-hydroxylation sites is 1. The number of carbonyl (C=O) groups excluding carboxylic acids is 2. The summed E-state index contributed by atoms with van der Waals surface area (Å²) < 4.78 is 13.6. The van der Waals surface area contributed by atoms with E-state index in [9.17, 15) is 24.1 Å². The summed E-state index contributed by atoms with van der Waals surface area (Å²) in [6, 6.07) is 10.3. The predicted molar refractivity (Wildman–Crippen MR) is 91.0 cm³/mol. The van der Waals surface area contributed by atoms with Gasteiger partial charge in [-0.2, -0.15) is 4.39 Å². The monoisotopic (exact) mass is 361 g/mol. The zero-order valence-electron chi connectivity index (χ0n) is 12.7. The highest BCUT2D eigenvalue weighted by Crippen LogP contribution is 2.36. The number of amides is 2. The third-order valence-corrected chi connectivity index (χ3v) is 4.78. The van der Waals surface area contributed by atoms with Crippen molar-refractivity contribution in [3.05, 3.63) is 58.4 Å². The number of fused-ring (bicyclic) bond motifs is 1. The highest BCUT2D eigenvalue weighted by Gasteiger charge is 2.29. The second-order valence-electron chi connectivity index (χ2n) is 5.27. The first-order valence-corrected chi connectivity index (χ1v) is 8.12. The molecular formula is C16H12FN3O4S. The Balaban J connectivity index is 1.66. The standard InChI is InChI=1S/C16H12FN3O4S/c17-10-7-9(5-6-12(10)20(23)24)18-15(21)8-14-16(22)19-11-3-1-2-4-13(11)25-14/h1-7,14H,8H2,(H,18,21)(H,19,22). The fraction of sp³-hybridized carbons (Fsp3) is 0.125. The molecule has 0 bridgehead atoms. The third-order valence-electron chi connectivity index (χ3n) is 3.51. The van der Waals surface area contributed by atoms with Crippen molar-refractivity contribution in [3.63, 3.8) is 0 Å². The lowest BCUT2D eigenvalue weighted by atomic mass is 10.2. The average molecular weight is 361 g/mol. The van der Waals surface area contributed by atoms with Gasteiger partial charge in [0, 0.05) is 29.1 Å². The van der Waals surface area contributed by atoms with E-state index < -0.39 is 27.6 Å². The summed E-state index contributed by atoms with van der Waals surface area (Å²) >= 11 is 1.28. The lowest BCUT2D eigenvalue weighted by Crippen LogP contribution is -2.32. The number of benzene rings is 2. The maximum Gasteiger partial charge on any atom is 0.304 e. The van der Waals surface area contributed by atoms with Gasteiger partial charge in [0.1, 0.15) is 0 Å². The number of nitro benzene ring substituents is 1. The van der Waals surface area contributed by atoms with E-state index in [-0.39, 0.29) is 18.0 Å². The number of halogens is 1. The Morgan fingerprint density at radius 3 is 2.80 bits per heavy atom. The number of hydrogen-bond acceptors (Lipinski definition) is 5. The molecule has 1 heterocycles. The number of nitro groups is 1. The smallest absolute Gasteiger partial charge is 0.304 e. The highest BCUT2D eigenvalue weighted by molar-refractivity contribution is 8.01. The average Bonchev–Trinajstić information content (AvgIpc) is 2.55. The molecule has 0 radical (unpaired) electrons. The van der Waals surface area contributed by atoms with E-state index in [0.717, 1.165) is 17.0 Å². The number of nitrogens with zero attached hydrogens (tertiary/aromatic N) is 1. The molecule has 0 fully saturated rings. The molecule has 1 aliphatic heterocycles. The molecule has 1 aliphatic rings. The van der Waals surface area contributed by atoms with Crippen LogP contribution >= 0.6 is 11.8 Å². The van der Waals surface area contributed by atoms with Crippen LogP contribution in [-0.2, 0) is 9.59 Å². The Morgan fingerprint density at radius 1 is 1.32 bits per heavy atom. The van der Waals surface area contributed by atoms with Gasteiger partial charge in [-0.25, -0.2) is 0 Å². The summed E-state index contributed by atoms with van der Waals surface area (Å²) in [6.45, 7) is 0. The van der Waals surface area contributed by atoms with E-state index in [1.807, 2.05) is 12.1 Å². The quantitative estimate of drug-likeness (QED) is 0.643. The lowest BCUT2D eigenvalue weighted by molar-refractivity contribution is -0.387. The largest absolute Gasteiger partial charge is 0.326 e. The molecule has 2 aromatic carbocycles. The summed E-state index contributed by atoms with van der Waals surface area (Å²) in [7, 11) is 0. The number of anilines is 2. The molecule has 0 saturated heterocycles. The minimum absolute atomic E-state index is 0.0923. The van der Waals surface area contributed by atoms with Crippen molar-refractivity contribution in [1.82, 2.24) is 0 Å². The summed E-state index contributed by atoms with van der Waals surface area (Å²) in [5.41, 5.74) is 0.123. The van der Waals surface area contributed by atoms with Gasteiger partial charge in [0.2, 0.25) is 17.6 Å². The molecule has 0 aromatic heterocycles. The molecule has 0 saturated carbocycles. The Morgan fingerprint density at radius 2 is 2.08 bits per heavy atom. The first-order valence-electron chi connectivity index (χ1n) is 7.24. The maximum absolute atomic E-state index is 13.6. The van der Waals surface area contributed by atoms with E-state index in [4.69, 9.17) is 0 Å². The van der Waals surface area contributed by atoms with Crippen LogP contribution in [0.2, 0.25) is 0 Å². The highest BCUT2D eigenvalue weighted by atomic mass is 32.2. The first kappa shape index (κ1) is 16.9. The maximum atomic E-state index is 13.6. The molecule has 0 aliphatic carbocycles. The fourth-order valence-electron chi connectivity index (χ4n) is 2.34. The molecule has 0 spiro atoms. The van der Waals surface area contributed by atoms with Gasteiger partial charge >= 0.3 is 5.69 Å². The summed E-state index contributed by atoms with van der Waals surface area (Å²) in [5, 5.41) is 15.2. The minimum Gasteiger partial charge on any atom is -0.326 e. The minimum atomic E-state index is -1.04. The molecule has 2 amide bonds. The van der Waals surface area contributed by atoms with Crippen molar-refractivity contribution in [1.29, 1.82) is 0 Å². The van der Waals surface area contributed by atoms with Crippen molar-refractivity contribution in [2.24, 2.45) is 0 Å². The van der Waals surface area contributed by atoms with Gasteiger partial charge in [-0.3, -0.25) is 19.7 Å². The van der Waals surface area contributed by atoms with Gasteiger partial charge in [-0.1, -0.05) is 12.1 Å². The number of hydrogen-bond donors (Lipinski definition) is 2. The van der Waals surface area contributed by atoms with E-state index in [1.54, 1.807) is 12.1 Å². The zero-order chi connectivity index (χ0) is 18.0. The fourth-order valence-corrected chi connectivity index (χ4v) is 3.45. The summed E-state index contributed by atoms with van der Waals surface area (Å²) in [5.74, 6) is -1.81. The van der Waals surface area contributed by atoms with Gasteiger partial charge in [0.15, 0.2) is 0 Å². The van der Waals surface area contributed by atoms with Crippen LogP contribution in [-0.4, -0.2) is 22.0 Å². The molecule has 128 valence electrons. The molecular weight excluding hydrogens is 349 g/mol. The van der Waals surface area contributed by atoms with E-state index in [2.05, 4.69) is 10.6 Å². The number of carbonyl (C=O) groups is 2. The van der Waals surface area contributed by atoms with E-state index in [0.29, 0.717) is 5.69 Å². The van der Waals surface area contributed by atoms with Gasteiger partial charge in [0.05, 0.1) is 15.9 Å². The van der Waals surface area contributed by atoms with Crippen molar-refractivity contribution in [2.45, 2.75) is 16.6 Å². The van der Waals surface area contributed by atoms with Crippen molar-refractivity contribution >= 4 is 40.6 Å². The Hall–Kier alpha value is -2.94. The molecule has 1 unspecified atom stereocenters. The van der Waals surface area contributed by atoms with Crippen LogP contribution in [0.1, 0.15) is 6.42 Å². The predicted octanol–water partition coefficient (Wildman–Crippen LogP) is 3.18. The van der Waals surface area contributed by atoms with Crippen LogP contribution in [0.15, 0.2) is 47.4 Å².